The van der Waals surface area contributed by atoms with Gasteiger partial charge in [-0.25, -0.2) is 0 Å². The first-order chi connectivity index (χ1) is 10.3. The van der Waals surface area contributed by atoms with E-state index in [0.29, 0.717) is 16.1 Å². The van der Waals surface area contributed by atoms with Crippen LogP contribution in [0.2, 0.25) is 5.02 Å². The van der Waals surface area contributed by atoms with E-state index in [9.17, 15) is 4.79 Å². The van der Waals surface area contributed by atoms with E-state index in [4.69, 9.17) is 11.6 Å². The van der Waals surface area contributed by atoms with E-state index in [2.05, 4.69) is 0 Å². The van der Waals surface area contributed by atoms with Crippen LogP contribution < -0.4 is 0 Å². The molecule has 0 aliphatic heterocycles. The highest BCUT2D eigenvalue weighted by Crippen LogP contribution is 2.22. The van der Waals surface area contributed by atoms with Crippen LogP contribution in [0.3, 0.4) is 0 Å². The van der Waals surface area contributed by atoms with E-state index in [0.717, 1.165) is 11.1 Å². The molecule has 3 aromatic carbocycles. The van der Waals surface area contributed by atoms with Gasteiger partial charge in [0.25, 0.3) is 0 Å². The molecule has 1 nitrogen and oxygen atoms in total. The van der Waals surface area contributed by atoms with Crippen molar-refractivity contribution in [3.63, 3.8) is 0 Å². The van der Waals surface area contributed by atoms with Gasteiger partial charge in [-0.3, -0.25) is 4.79 Å². The number of carbonyl (C=O) groups is 1. The number of rotatable bonds is 3. The van der Waals surface area contributed by atoms with Gasteiger partial charge in [0.2, 0.25) is 0 Å². The van der Waals surface area contributed by atoms with Crippen molar-refractivity contribution >= 4 is 17.4 Å². The Bertz CT molecular complexity index is 761. The van der Waals surface area contributed by atoms with Crippen molar-refractivity contribution < 1.29 is 4.79 Å². The molecule has 0 aliphatic rings. The van der Waals surface area contributed by atoms with Gasteiger partial charge in [-0.05, 0) is 23.3 Å². The van der Waals surface area contributed by atoms with Crippen molar-refractivity contribution in [2.75, 3.05) is 0 Å². The van der Waals surface area contributed by atoms with Crippen LogP contribution in [0.15, 0.2) is 78.9 Å². The van der Waals surface area contributed by atoms with Gasteiger partial charge in [-0.15, -0.1) is 0 Å². The minimum atomic E-state index is -0.0554. The Morgan fingerprint density at radius 2 is 1.24 bits per heavy atom. The van der Waals surface area contributed by atoms with E-state index in [-0.39, 0.29) is 5.78 Å². The van der Waals surface area contributed by atoms with E-state index in [1.165, 1.54) is 0 Å². The van der Waals surface area contributed by atoms with Gasteiger partial charge >= 0.3 is 0 Å². The van der Waals surface area contributed by atoms with Crippen LogP contribution in [0.1, 0.15) is 15.9 Å². The minimum absolute atomic E-state index is 0.0554. The fourth-order valence-electron chi connectivity index (χ4n) is 2.25. The smallest absolute Gasteiger partial charge is 0.194 e. The van der Waals surface area contributed by atoms with Crippen LogP contribution in [0.25, 0.3) is 11.1 Å². The summed E-state index contributed by atoms with van der Waals surface area (Å²) in [4.78, 5) is 12.4. The van der Waals surface area contributed by atoms with E-state index in [1.54, 1.807) is 12.1 Å². The Kier molecular flexibility index (Phi) is 3.85. The zero-order valence-electron chi connectivity index (χ0n) is 11.3. The van der Waals surface area contributed by atoms with Gasteiger partial charge in [0.05, 0.1) is 5.02 Å². The van der Waals surface area contributed by atoms with Crippen molar-refractivity contribution in [1.82, 2.24) is 0 Å². The number of hydrogen-bond acceptors (Lipinski definition) is 1. The Balaban J connectivity index is 1.91. The molecule has 0 radical (unpaired) electrons. The molecule has 0 bridgehead atoms. The fourth-order valence-corrected chi connectivity index (χ4v) is 2.47. The fraction of sp³-hybridized carbons (Fsp3) is 0. The van der Waals surface area contributed by atoms with E-state index in [1.807, 2.05) is 66.7 Å². The lowest BCUT2D eigenvalue weighted by Crippen LogP contribution is -2.01. The van der Waals surface area contributed by atoms with Gasteiger partial charge in [-0.2, -0.15) is 0 Å². The van der Waals surface area contributed by atoms with Crippen LogP contribution in [0.5, 0.6) is 0 Å². The molecule has 0 heterocycles. The summed E-state index contributed by atoms with van der Waals surface area (Å²) < 4.78 is 0. The average molecular weight is 293 g/mol. The highest BCUT2D eigenvalue weighted by molar-refractivity contribution is 6.34. The van der Waals surface area contributed by atoms with E-state index >= 15 is 0 Å². The van der Waals surface area contributed by atoms with Gasteiger partial charge in [-0.1, -0.05) is 78.3 Å². The number of carbonyl (C=O) groups excluding carboxylic acids is 1. The predicted molar refractivity (Wildman–Crippen MR) is 86.8 cm³/mol. The van der Waals surface area contributed by atoms with Gasteiger partial charge in [0.1, 0.15) is 0 Å². The van der Waals surface area contributed by atoms with Crippen LogP contribution >= 0.6 is 11.6 Å². The highest BCUT2D eigenvalue weighted by Gasteiger charge is 2.12. The lowest BCUT2D eigenvalue weighted by molar-refractivity contribution is 0.103. The molecule has 0 N–H and O–H groups in total. The van der Waals surface area contributed by atoms with Crippen molar-refractivity contribution in [2.45, 2.75) is 0 Å². The zero-order valence-corrected chi connectivity index (χ0v) is 12.0. The quantitative estimate of drug-likeness (QED) is 0.603. The molecule has 0 saturated carbocycles. The molecule has 0 atom stereocenters. The topological polar surface area (TPSA) is 17.1 Å². The van der Waals surface area contributed by atoms with Crippen molar-refractivity contribution in [3.8, 4) is 11.1 Å². The first-order valence-electron chi connectivity index (χ1n) is 6.70. The predicted octanol–water partition coefficient (Wildman–Crippen LogP) is 5.24. The molecule has 3 aromatic rings. The van der Waals surface area contributed by atoms with Crippen LogP contribution in [0, 0.1) is 0 Å². The Hall–Kier alpha value is -2.38. The molecule has 0 amide bonds. The zero-order chi connectivity index (χ0) is 14.7. The second kappa shape index (κ2) is 5.94. The third-order valence-corrected chi connectivity index (χ3v) is 3.70. The summed E-state index contributed by atoms with van der Waals surface area (Å²) in [7, 11) is 0. The molecule has 2 heteroatoms. The molecule has 21 heavy (non-hydrogen) atoms. The van der Waals surface area contributed by atoms with Gasteiger partial charge in [0, 0.05) is 11.1 Å². The number of halogens is 1. The Labute approximate surface area is 128 Å². The monoisotopic (exact) mass is 292 g/mol. The third kappa shape index (κ3) is 2.88. The van der Waals surface area contributed by atoms with Crippen LogP contribution in [-0.4, -0.2) is 5.78 Å². The van der Waals surface area contributed by atoms with Crippen LogP contribution in [0.4, 0.5) is 0 Å². The molecule has 3 rings (SSSR count). The lowest BCUT2D eigenvalue weighted by Gasteiger charge is -2.05. The van der Waals surface area contributed by atoms with Crippen molar-refractivity contribution in [2.24, 2.45) is 0 Å². The first kappa shape index (κ1) is 13.6. The molecular weight excluding hydrogens is 280 g/mol. The Morgan fingerprint density at radius 1 is 0.667 bits per heavy atom. The first-order valence-corrected chi connectivity index (χ1v) is 7.08. The second-order valence-corrected chi connectivity index (χ2v) is 5.16. The molecule has 0 aliphatic carbocycles. The number of ketones is 1. The summed E-state index contributed by atoms with van der Waals surface area (Å²) in [6, 6.07) is 24.8. The molecule has 0 fully saturated rings. The molecule has 0 spiro atoms. The average Bonchev–Trinajstić information content (AvgIpc) is 2.56. The summed E-state index contributed by atoms with van der Waals surface area (Å²) in [6.07, 6.45) is 0. The van der Waals surface area contributed by atoms with Crippen LogP contribution in [-0.2, 0) is 0 Å². The van der Waals surface area contributed by atoms with E-state index < -0.39 is 0 Å². The molecule has 0 saturated heterocycles. The number of benzene rings is 3. The standard InChI is InChI=1S/C19H13ClO/c20-18-9-5-4-8-17(18)19(21)16-12-10-15(11-13-16)14-6-2-1-3-7-14/h1-13H. The molecule has 0 unspecified atom stereocenters. The maximum atomic E-state index is 12.4. The molecule has 102 valence electrons. The maximum absolute atomic E-state index is 12.4. The van der Waals surface area contributed by atoms with Crippen molar-refractivity contribution in [1.29, 1.82) is 0 Å². The summed E-state index contributed by atoms with van der Waals surface area (Å²) in [6.45, 7) is 0. The summed E-state index contributed by atoms with van der Waals surface area (Å²) in [5, 5.41) is 0.481. The lowest BCUT2D eigenvalue weighted by atomic mass is 9.99. The largest absolute Gasteiger partial charge is 0.289 e. The van der Waals surface area contributed by atoms with Crippen molar-refractivity contribution in [3.05, 3.63) is 95.0 Å². The minimum Gasteiger partial charge on any atom is -0.289 e. The summed E-state index contributed by atoms with van der Waals surface area (Å²) in [5.41, 5.74) is 3.40. The highest BCUT2D eigenvalue weighted by atomic mass is 35.5. The van der Waals surface area contributed by atoms with Gasteiger partial charge in [0.15, 0.2) is 5.78 Å². The Morgan fingerprint density at radius 3 is 1.90 bits per heavy atom. The summed E-state index contributed by atoms with van der Waals surface area (Å²) in [5.74, 6) is -0.0554. The number of hydrogen-bond donors (Lipinski definition) is 0. The molecular formula is C19H13ClO. The molecule has 0 aromatic heterocycles. The normalized spacial score (nSPS) is 10.3. The third-order valence-electron chi connectivity index (χ3n) is 3.37. The summed E-state index contributed by atoms with van der Waals surface area (Å²) >= 11 is 6.08. The SMILES string of the molecule is O=C(c1ccc(-c2ccccc2)cc1)c1ccccc1Cl. The second-order valence-electron chi connectivity index (χ2n) is 4.75. The van der Waals surface area contributed by atoms with Gasteiger partial charge < -0.3 is 0 Å². The maximum Gasteiger partial charge on any atom is 0.194 e.